The Kier molecular flexibility index (Phi) is 6.82. The molecule has 3 N–H and O–H groups in total. The number of anilines is 1. The Bertz CT molecular complexity index is 434. The van der Waals surface area contributed by atoms with Crippen LogP contribution >= 0.6 is 12.4 Å². The Hall–Kier alpha value is -1.26. The molecule has 0 radical (unpaired) electrons. The number of phenols is 1. The minimum absolute atomic E-state index is 0. The number of aromatic hydroxyl groups is 1. The molecule has 1 amide bonds. The number of halogens is 1. The molecule has 0 saturated carbocycles. The van der Waals surface area contributed by atoms with Crippen LogP contribution in [0.25, 0.3) is 0 Å². The van der Waals surface area contributed by atoms with E-state index in [-0.39, 0.29) is 24.1 Å². The topological polar surface area (TPSA) is 61.4 Å². The van der Waals surface area contributed by atoms with Crippen LogP contribution in [-0.4, -0.2) is 24.1 Å². The maximum Gasteiger partial charge on any atom is 0.224 e. The number of benzene rings is 1. The summed E-state index contributed by atoms with van der Waals surface area (Å²) in [6.07, 6.45) is 2.93. The summed E-state index contributed by atoms with van der Waals surface area (Å²) in [6, 6.07) is 6.65. The number of amides is 1. The fourth-order valence-electron chi connectivity index (χ4n) is 2.62. The number of carbonyl (C=O) groups excluding carboxylic acids is 1. The van der Waals surface area contributed by atoms with Crippen molar-refractivity contribution in [1.82, 2.24) is 5.32 Å². The Balaban J connectivity index is 0.00000200. The number of piperidine rings is 1. The van der Waals surface area contributed by atoms with Gasteiger partial charge in [-0.15, -0.1) is 12.4 Å². The fraction of sp³-hybridized carbons (Fsp3) is 0.533. The van der Waals surface area contributed by atoms with E-state index in [9.17, 15) is 9.90 Å². The monoisotopic (exact) mass is 298 g/mol. The first-order valence-corrected chi connectivity index (χ1v) is 6.95. The summed E-state index contributed by atoms with van der Waals surface area (Å²) in [5, 5.41) is 15.6. The predicted molar refractivity (Wildman–Crippen MR) is 83.4 cm³/mol. The van der Waals surface area contributed by atoms with E-state index in [0.29, 0.717) is 23.9 Å². The third kappa shape index (κ3) is 5.02. The van der Waals surface area contributed by atoms with Crippen molar-refractivity contribution in [3.8, 4) is 5.75 Å². The Morgan fingerprint density at radius 2 is 2.35 bits per heavy atom. The van der Waals surface area contributed by atoms with E-state index in [1.807, 2.05) is 0 Å². The highest BCUT2D eigenvalue weighted by Crippen LogP contribution is 2.23. The van der Waals surface area contributed by atoms with Crippen LogP contribution in [0.1, 0.15) is 26.2 Å². The first-order valence-electron chi connectivity index (χ1n) is 6.95. The molecule has 2 rings (SSSR count). The van der Waals surface area contributed by atoms with Crippen LogP contribution in [0.5, 0.6) is 5.75 Å². The second-order valence-corrected chi connectivity index (χ2v) is 5.39. The highest BCUT2D eigenvalue weighted by Gasteiger charge is 2.21. The number of hydrogen-bond donors (Lipinski definition) is 3. The Morgan fingerprint density at radius 3 is 3.00 bits per heavy atom. The Morgan fingerprint density at radius 1 is 1.55 bits per heavy atom. The molecule has 1 fully saturated rings. The zero-order valence-electron chi connectivity index (χ0n) is 11.8. The molecule has 0 aliphatic carbocycles. The summed E-state index contributed by atoms with van der Waals surface area (Å²) in [4.78, 5) is 12.0. The molecule has 0 spiro atoms. The van der Waals surface area contributed by atoms with Gasteiger partial charge < -0.3 is 15.7 Å². The van der Waals surface area contributed by atoms with Gasteiger partial charge >= 0.3 is 0 Å². The van der Waals surface area contributed by atoms with E-state index in [0.717, 1.165) is 13.1 Å². The molecule has 0 bridgehead atoms. The summed E-state index contributed by atoms with van der Waals surface area (Å²) < 4.78 is 0. The van der Waals surface area contributed by atoms with Crippen LogP contribution in [0, 0.1) is 11.8 Å². The van der Waals surface area contributed by atoms with Gasteiger partial charge in [0.15, 0.2) is 0 Å². The molecule has 2 unspecified atom stereocenters. The van der Waals surface area contributed by atoms with Crippen LogP contribution in [0.4, 0.5) is 5.69 Å². The summed E-state index contributed by atoms with van der Waals surface area (Å²) in [7, 11) is 0. The Labute approximate surface area is 126 Å². The molecule has 1 saturated heterocycles. The van der Waals surface area contributed by atoms with Gasteiger partial charge in [-0.3, -0.25) is 4.79 Å². The van der Waals surface area contributed by atoms with E-state index in [1.165, 1.54) is 12.8 Å². The molecule has 1 aliphatic rings. The molecule has 1 heterocycles. The van der Waals surface area contributed by atoms with Crippen LogP contribution in [-0.2, 0) is 4.79 Å². The SMILES string of the molecule is CC(CC(=O)Nc1cccc(O)c1)C1CCCNC1.Cl. The van der Waals surface area contributed by atoms with E-state index in [1.54, 1.807) is 24.3 Å². The first kappa shape index (κ1) is 16.8. The molecular weight excluding hydrogens is 276 g/mol. The lowest BCUT2D eigenvalue weighted by Gasteiger charge is -2.28. The highest BCUT2D eigenvalue weighted by atomic mass is 35.5. The molecule has 0 aromatic heterocycles. The third-order valence-electron chi connectivity index (χ3n) is 3.78. The molecule has 1 aromatic carbocycles. The summed E-state index contributed by atoms with van der Waals surface area (Å²) in [5.41, 5.74) is 0.652. The van der Waals surface area contributed by atoms with Gasteiger partial charge in [0.1, 0.15) is 5.75 Å². The highest BCUT2D eigenvalue weighted by molar-refractivity contribution is 5.91. The predicted octanol–water partition coefficient (Wildman–Crippen LogP) is 2.78. The lowest BCUT2D eigenvalue weighted by Crippen LogP contribution is -2.34. The van der Waals surface area contributed by atoms with Gasteiger partial charge in [0.25, 0.3) is 0 Å². The van der Waals surface area contributed by atoms with Crippen molar-refractivity contribution in [3.05, 3.63) is 24.3 Å². The number of phenolic OH excluding ortho intramolecular Hbond substituents is 1. The smallest absolute Gasteiger partial charge is 0.224 e. The number of nitrogens with one attached hydrogen (secondary N) is 2. The lowest BCUT2D eigenvalue weighted by atomic mass is 9.85. The molecule has 112 valence electrons. The molecule has 1 aromatic rings. The average molecular weight is 299 g/mol. The zero-order chi connectivity index (χ0) is 13.7. The molecule has 2 atom stereocenters. The largest absolute Gasteiger partial charge is 0.508 e. The van der Waals surface area contributed by atoms with Gasteiger partial charge in [-0.1, -0.05) is 13.0 Å². The molecule has 20 heavy (non-hydrogen) atoms. The normalized spacial score (nSPS) is 19.8. The first-order chi connectivity index (χ1) is 9.15. The van der Waals surface area contributed by atoms with E-state index in [4.69, 9.17) is 0 Å². The molecule has 5 heteroatoms. The van der Waals surface area contributed by atoms with Gasteiger partial charge in [0.05, 0.1) is 0 Å². The van der Waals surface area contributed by atoms with Crippen molar-refractivity contribution >= 4 is 24.0 Å². The van der Waals surface area contributed by atoms with Crippen molar-refractivity contribution in [3.63, 3.8) is 0 Å². The minimum atomic E-state index is 0. The van der Waals surface area contributed by atoms with Crippen molar-refractivity contribution in [2.45, 2.75) is 26.2 Å². The fourth-order valence-corrected chi connectivity index (χ4v) is 2.62. The maximum absolute atomic E-state index is 12.0. The number of carbonyl (C=O) groups is 1. The third-order valence-corrected chi connectivity index (χ3v) is 3.78. The molecule has 1 aliphatic heterocycles. The van der Waals surface area contributed by atoms with Gasteiger partial charge in [-0.2, -0.15) is 0 Å². The quantitative estimate of drug-likeness (QED) is 0.801. The van der Waals surface area contributed by atoms with E-state index in [2.05, 4.69) is 17.6 Å². The van der Waals surface area contributed by atoms with Crippen LogP contribution in [0.3, 0.4) is 0 Å². The zero-order valence-corrected chi connectivity index (χ0v) is 12.6. The second-order valence-electron chi connectivity index (χ2n) is 5.39. The second kappa shape index (κ2) is 8.12. The van der Waals surface area contributed by atoms with Crippen molar-refractivity contribution < 1.29 is 9.90 Å². The molecular formula is C15H23ClN2O2. The average Bonchev–Trinajstić information content (AvgIpc) is 2.39. The van der Waals surface area contributed by atoms with Crippen molar-refractivity contribution in [2.24, 2.45) is 11.8 Å². The number of hydrogen-bond acceptors (Lipinski definition) is 3. The van der Waals surface area contributed by atoms with Crippen LogP contribution in [0.2, 0.25) is 0 Å². The van der Waals surface area contributed by atoms with E-state index < -0.39 is 0 Å². The van der Waals surface area contributed by atoms with Crippen molar-refractivity contribution in [1.29, 1.82) is 0 Å². The number of rotatable bonds is 4. The molecule has 4 nitrogen and oxygen atoms in total. The lowest BCUT2D eigenvalue weighted by molar-refractivity contribution is -0.117. The maximum atomic E-state index is 12.0. The summed E-state index contributed by atoms with van der Waals surface area (Å²) >= 11 is 0. The van der Waals surface area contributed by atoms with Gasteiger partial charge in [-0.05, 0) is 49.9 Å². The van der Waals surface area contributed by atoms with Gasteiger partial charge in [0, 0.05) is 18.2 Å². The van der Waals surface area contributed by atoms with Crippen molar-refractivity contribution in [2.75, 3.05) is 18.4 Å². The summed E-state index contributed by atoms with van der Waals surface area (Å²) in [5.74, 6) is 1.15. The summed E-state index contributed by atoms with van der Waals surface area (Å²) in [6.45, 7) is 4.25. The van der Waals surface area contributed by atoms with Crippen LogP contribution < -0.4 is 10.6 Å². The van der Waals surface area contributed by atoms with Gasteiger partial charge in [-0.25, -0.2) is 0 Å². The standard InChI is InChI=1S/C15H22N2O2.ClH/c1-11(12-4-3-7-16-10-12)8-15(19)17-13-5-2-6-14(18)9-13;/h2,5-6,9,11-12,16,18H,3-4,7-8,10H2,1H3,(H,17,19);1H. The van der Waals surface area contributed by atoms with E-state index >= 15 is 0 Å². The van der Waals surface area contributed by atoms with Gasteiger partial charge in [0.2, 0.25) is 5.91 Å². The van der Waals surface area contributed by atoms with Crippen LogP contribution in [0.15, 0.2) is 24.3 Å². The minimum Gasteiger partial charge on any atom is -0.508 e.